The van der Waals surface area contributed by atoms with Crippen molar-refractivity contribution in [1.29, 1.82) is 0 Å². The van der Waals surface area contributed by atoms with Crippen molar-refractivity contribution in [3.63, 3.8) is 0 Å². The first kappa shape index (κ1) is 11.7. The van der Waals surface area contributed by atoms with E-state index in [0.29, 0.717) is 0 Å². The normalized spacial score (nSPS) is 17.4. The molecule has 1 aliphatic rings. The van der Waals surface area contributed by atoms with Gasteiger partial charge >= 0.3 is 0 Å². The number of nitrogens with one attached hydrogen (secondary N) is 1. The zero-order valence-corrected chi connectivity index (χ0v) is 10.5. The summed E-state index contributed by atoms with van der Waals surface area (Å²) in [6, 6.07) is 9.67. The Hall–Kier alpha value is -0.820. The largest absolute Gasteiger partial charge is 0.317 e. The Morgan fingerprint density at radius 3 is 2.81 bits per heavy atom. The summed E-state index contributed by atoms with van der Waals surface area (Å²) in [7, 11) is 2.11. The van der Waals surface area contributed by atoms with E-state index in [4.69, 9.17) is 0 Å². The van der Waals surface area contributed by atoms with Crippen LogP contribution in [0, 0.1) is 12.8 Å². The quantitative estimate of drug-likeness (QED) is 0.771. The van der Waals surface area contributed by atoms with Gasteiger partial charge in [-0.25, -0.2) is 0 Å². The van der Waals surface area contributed by atoms with Gasteiger partial charge in [0, 0.05) is 6.04 Å². The first-order valence-corrected chi connectivity index (χ1v) is 6.52. The molecular weight excluding hydrogens is 194 g/mol. The molecule has 1 aliphatic carbocycles. The summed E-state index contributed by atoms with van der Waals surface area (Å²) in [4.78, 5) is 0. The Morgan fingerprint density at radius 1 is 1.38 bits per heavy atom. The Labute approximate surface area is 99.3 Å². The highest BCUT2D eigenvalue weighted by Crippen LogP contribution is 2.34. The maximum Gasteiger partial charge on any atom is 0.00924 e. The highest BCUT2D eigenvalue weighted by Gasteiger charge is 2.29. The second-order valence-corrected chi connectivity index (χ2v) is 5.11. The number of benzene rings is 1. The van der Waals surface area contributed by atoms with E-state index < -0.39 is 0 Å². The second-order valence-electron chi connectivity index (χ2n) is 5.11. The molecule has 1 unspecified atom stereocenters. The topological polar surface area (TPSA) is 12.0 Å². The molecule has 1 atom stereocenters. The first-order valence-electron chi connectivity index (χ1n) is 6.52. The van der Waals surface area contributed by atoms with Gasteiger partial charge in [0.25, 0.3) is 0 Å². The van der Waals surface area contributed by atoms with Gasteiger partial charge in [-0.3, -0.25) is 0 Å². The van der Waals surface area contributed by atoms with E-state index >= 15 is 0 Å². The van der Waals surface area contributed by atoms with Crippen molar-refractivity contribution in [3.8, 4) is 0 Å². The van der Waals surface area contributed by atoms with Gasteiger partial charge in [0.15, 0.2) is 0 Å². The molecule has 16 heavy (non-hydrogen) atoms. The number of hydrogen-bond acceptors (Lipinski definition) is 1. The molecule has 0 aromatic heterocycles. The molecule has 1 aromatic rings. The van der Waals surface area contributed by atoms with Crippen molar-refractivity contribution in [1.82, 2.24) is 5.32 Å². The fourth-order valence-corrected chi connectivity index (χ4v) is 2.51. The SMILES string of the molecule is CNC(CCCc1cccc(C)c1)C1CC1. The molecule has 1 nitrogen and oxygen atoms in total. The smallest absolute Gasteiger partial charge is 0.00924 e. The summed E-state index contributed by atoms with van der Waals surface area (Å²) in [5, 5.41) is 3.46. The van der Waals surface area contributed by atoms with Crippen LogP contribution in [0.1, 0.15) is 36.8 Å². The van der Waals surface area contributed by atoms with Gasteiger partial charge in [-0.05, 0) is 57.6 Å². The zero-order chi connectivity index (χ0) is 11.4. The fourth-order valence-electron chi connectivity index (χ4n) is 2.51. The summed E-state index contributed by atoms with van der Waals surface area (Å²) in [5.41, 5.74) is 2.87. The van der Waals surface area contributed by atoms with Gasteiger partial charge in [-0.2, -0.15) is 0 Å². The summed E-state index contributed by atoms with van der Waals surface area (Å²) in [6.07, 6.45) is 6.75. The van der Waals surface area contributed by atoms with Crippen molar-refractivity contribution in [3.05, 3.63) is 35.4 Å². The van der Waals surface area contributed by atoms with Crippen LogP contribution >= 0.6 is 0 Å². The minimum absolute atomic E-state index is 0.768. The number of hydrogen-bond donors (Lipinski definition) is 1. The third kappa shape index (κ3) is 3.34. The predicted molar refractivity (Wildman–Crippen MR) is 69.7 cm³/mol. The molecule has 0 radical (unpaired) electrons. The van der Waals surface area contributed by atoms with Crippen molar-refractivity contribution in [2.45, 2.75) is 45.1 Å². The van der Waals surface area contributed by atoms with Crippen molar-refractivity contribution < 1.29 is 0 Å². The Balaban J connectivity index is 1.74. The zero-order valence-electron chi connectivity index (χ0n) is 10.5. The maximum atomic E-state index is 3.46. The molecule has 0 aliphatic heterocycles. The summed E-state index contributed by atoms with van der Waals surface area (Å²) in [6.45, 7) is 2.17. The van der Waals surface area contributed by atoms with Crippen molar-refractivity contribution >= 4 is 0 Å². The van der Waals surface area contributed by atoms with Crippen LogP contribution in [-0.4, -0.2) is 13.1 Å². The molecule has 1 N–H and O–H groups in total. The predicted octanol–water partition coefficient (Wildman–Crippen LogP) is 3.32. The monoisotopic (exact) mass is 217 g/mol. The number of rotatable bonds is 6. The Kier molecular flexibility index (Phi) is 4.00. The molecule has 2 rings (SSSR count). The van der Waals surface area contributed by atoms with E-state index in [1.54, 1.807) is 0 Å². The average molecular weight is 217 g/mol. The molecule has 0 heterocycles. The van der Waals surface area contributed by atoms with Crippen LogP contribution in [0.15, 0.2) is 24.3 Å². The lowest BCUT2D eigenvalue weighted by Crippen LogP contribution is -2.27. The number of aryl methyl sites for hydroxylation is 2. The van der Waals surface area contributed by atoms with Crippen molar-refractivity contribution in [2.24, 2.45) is 5.92 Å². The summed E-state index contributed by atoms with van der Waals surface area (Å²) < 4.78 is 0. The summed E-state index contributed by atoms with van der Waals surface area (Å²) in [5.74, 6) is 0.975. The molecule has 1 saturated carbocycles. The van der Waals surface area contributed by atoms with Gasteiger partial charge in [-0.1, -0.05) is 29.8 Å². The van der Waals surface area contributed by atoms with E-state index in [-0.39, 0.29) is 0 Å². The molecule has 1 aromatic carbocycles. The lowest BCUT2D eigenvalue weighted by atomic mass is 10.0. The molecule has 1 fully saturated rings. The lowest BCUT2D eigenvalue weighted by molar-refractivity contribution is 0.456. The van der Waals surface area contributed by atoms with Crippen LogP contribution in [0.3, 0.4) is 0 Å². The van der Waals surface area contributed by atoms with E-state index in [0.717, 1.165) is 12.0 Å². The molecule has 0 bridgehead atoms. The van der Waals surface area contributed by atoms with Crippen LogP contribution < -0.4 is 5.32 Å². The van der Waals surface area contributed by atoms with Gasteiger partial charge in [-0.15, -0.1) is 0 Å². The van der Waals surface area contributed by atoms with Crippen LogP contribution in [0.5, 0.6) is 0 Å². The minimum Gasteiger partial charge on any atom is -0.317 e. The van der Waals surface area contributed by atoms with Crippen LogP contribution in [0.2, 0.25) is 0 Å². The van der Waals surface area contributed by atoms with Gasteiger partial charge in [0.1, 0.15) is 0 Å². The van der Waals surface area contributed by atoms with Crippen LogP contribution in [0.25, 0.3) is 0 Å². The van der Waals surface area contributed by atoms with Crippen molar-refractivity contribution in [2.75, 3.05) is 7.05 Å². The van der Waals surface area contributed by atoms with Crippen LogP contribution in [0.4, 0.5) is 0 Å². The Morgan fingerprint density at radius 2 is 2.19 bits per heavy atom. The Bertz CT molecular complexity index is 328. The van der Waals surface area contributed by atoms with Gasteiger partial charge in [0.2, 0.25) is 0 Å². The highest BCUT2D eigenvalue weighted by atomic mass is 14.9. The molecule has 0 amide bonds. The highest BCUT2D eigenvalue weighted by molar-refractivity contribution is 5.22. The van der Waals surface area contributed by atoms with Crippen LogP contribution in [-0.2, 0) is 6.42 Å². The standard InChI is InChI=1S/C15H23N/c1-12-5-3-6-13(11-12)7-4-8-15(16-2)14-9-10-14/h3,5-6,11,14-16H,4,7-10H2,1-2H3. The van der Waals surface area contributed by atoms with E-state index in [1.165, 1.54) is 43.2 Å². The molecule has 88 valence electrons. The van der Waals surface area contributed by atoms with E-state index in [2.05, 4.69) is 43.6 Å². The third-order valence-corrected chi connectivity index (χ3v) is 3.62. The fraction of sp³-hybridized carbons (Fsp3) is 0.600. The first-order chi connectivity index (χ1) is 7.79. The third-order valence-electron chi connectivity index (χ3n) is 3.62. The molecule has 0 spiro atoms. The van der Waals surface area contributed by atoms with Gasteiger partial charge in [0.05, 0.1) is 0 Å². The lowest BCUT2D eigenvalue weighted by Gasteiger charge is -2.14. The average Bonchev–Trinajstić information content (AvgIpc) is 3.08. The maximum absolute atomic E-state index is 3.46. The molecule has 0 saturated heterocycles. The minimum atomic E-state index is 0.768. The molecule has 1 heteroatoms. The summed E-state index contributed by atoms with van der Waals surface area (Å²) >= 11 is 0. The van der Waals surface area contributed by atoms with E-state index in [9.17, 15) is 0 Å². The second kappa shape index (κ2) is 5.49. The van der Waals surface area contributed by atoms with E-state index in [1.807, 2.05) is 0 Å². The molecular formula is C15H23N. The van der Waals surface area contributed by atoms with Gasteiger partial charge < -0.3 is 5.32 Å².